The average Bonchev–Trinajstić information content (AvgIpc) is 2.18. The Morgan fingerprint density at radius 1 is 1.24 bits per heavy atom. The first-order valence-electron chi connectivity index (χ1n) is 4.62. The van der Waals surface area contributed by atoms with Crippen molar-refractivity contribution in [1.29, 1.82) is 0 Å². The number of thioether (sulfide) groups is 1. The minimum absolute atomic E-state index is 0. The minimum Gasteiger partial charge on any atom is -0.395 e. The predicted molar refractivity (Wildman–Crippen MR) is 64.4 cm³/mol. The van der Waals surface area contributed by atoms with Crippen molar-refractivity contribution >= 4 is 24.2 Å². The molecule has 0 fully saturated rings. The number of halogens is 4. The maximum atomic E-state index is 12.0. The van der Waals surface area contributed by atoms with E-state index in [1.165, 1.54) is 12.1 Å². The highest BCUT2D eigenvalue weighted by molar-refractivity contribution is 8.00. The molecule has 3 N–H and O–H groups in total. The van der Waals surface area contributed by atoms with Crippen molar-refractivity contribution in [3.63, 3.8) is 0 Å². The van der Waals surface area contributed by atoms with Gasteiger partial charge in [-0.05, 0) is 35.9 Å². The lowest BCUT2D eigenvalue weighted by atomic mass is 10.1. The third-order valence-electron chi connectivity index (χ3n) is 1.89. The normalized spacial score (nSPS) is 13.0. The standard InChI is InChI=1S/C10H12F3NOS.ClH/c11-10(12,13)16-9-3-1-7(2-4-9)5-8(14)6-15;/h1-4,8,15H,5-6,14H2;1H. The molecule has 0 radical (unpaired) electrons. The van der Waals surface area contributed by atoms with Gasteiger partial charge in [0.15, 0.2) is 0 Å². The van der Waals surface area contributed by atoms with Crippen LogP contribution >= 0.6 is 24.2 Å². The van der Waals surface area contributed by atoms with E-state index in [0.717, 1.165) is 5.56 Å². The molecule has 2 nitrogen and oxygen atoms in total. The third kappa shape index (κ3) is 6.78. The fraction of sp³-hybridized carbons (Fsp3) is 0.400. The molecule has 17 heavy (non-hydrogen) atoms. The van der Waals surface area contributed by atoms with Gasteiger partial charge in [0.1, 0.15) is 0 Å². The summed E-state index contributed by atoms with van der Waals surface area (Å²) in [6.45, 7) is -0.140. The molecule has 0 bridgehead atoms. The molecule has 0 aliphatic rings. The van der Waals surface area contributed by atoms with Gasteiger partial charge < -0.3 is 10.8 Å². The molecule has 1 atom stereocenters. The lowest BCUT2D eigenvalue weighted by Gasteiger charge is -2.09. The van der Waals surface area contributed by atoms with E-state index in [9.17, 15) is 13.2 Å². The summed E-state index contributed by atoms with van der Waals surface area (Å²) in [4.78, 5) is 0.147. The number of rotatable bonds is 4. The van der Waals surface area contributed by atoms with Crippen molar-refractivity contribution < 1.29 is 18.3 Å². The van der Waals surface area contributed by atoms with Crippen LogP contribution in [0.1, 0.15) is 5.56 Å². The van der Waals surface area contributed by atoms with Crippen LogP contribution < -0.4 is 5.73 Å². The fourth-order valence-electron chi connectivity index (χ4n) is 1.19. The molecule has 0 saturated heterocycles. The van der Waals surface area contributed by atoms with Gasteiger partial charge in [0.05, 0.1) is 6.61 Å². The van der Waals surface area contributed by atoms with Crippen molar-refractivity contribution in [2.24, 2.45) is 5.73 Å². The second-order valence-electron chi connectivity index (χ2n) is 3.34. The van der Waals surface area contributed by atoms with Crippen LogP contribution in [-0.2, 0) is 6.42 Å². The summed E-state index contributed by atoms with van der Waals surface area (Å²) >= 11 is -0.147. The Bertz CT molecular complexity index is 331. The largest absolute Gasteiger partial charge is 0.446 e. The summed E-state index contributed by atoms with van der Waals surface area (Å²) in [6, 6.07) is 5.60. The first kappa shape index (κ1) is 16.6. The van der Waals surface area contributed by atoms with Gasteiger partial charge in [0.2, 0.25) is 0 Å². The molecule has 1 aromatic carbocycles. The number of aliphatic hydroxyl groups excluding tert-OH is 1. The molecule has 0 heterocycles. The Morgan fingerprint density at radius 3 is 2.18 bits per heavy atom. The summed E-state index contributed by atoms with van der Waals surface area (Å²) in [5.41, 5.74) is 2.06. The highest BCUT2D eigenvalue weighted by atomic mass is 35.5. The SMILES string of the molecule is Cl.NC(CO)Cc1ccc(SC(F)(F)F)cc1. The molecule has 1 unspecified atom stereocenters. The fourth-order valence-corrected chi connectivity index (χ4v) is 1.73. The van der Waals surface area contributed by atoms with Gasteiger partial charge in [0.25, 0.3) is 0 Å². The summed E-state index contributed by atoms with van der Waals surface area (Å²) < 4.78 is 36.0. The van der Waals surface area contributed by atoms with Gasteiger partial charge in [0, 0.05) is 10.9 Å². The van der Waals surface area contributed by atoms with Crippen molar-refractivity contribution in [1.82, 2.24) is 0 Å². The Hall–Kier alpha value is -0.430. The molecule has 0 amide bonds. The summed E-state index contributed by atoms with van der Waals surface area (Å²) in [7, 11) is 0. The van der Waals surface area contributed by atoms with Crippen LogP contribution in [0.15, 0.2) is 29.2 Å². The van der Waals surface area contributed by atoms with E-state index in [2.05, 4.69) is 0 Å². The maximum Gasteiger partial charge on any atom is 0.446 e. The summed E-state index contributed by atoms with van der Waals surface area (Å²) in [5.74, 6) is 0. The van der Waals surface area contributed by atoms with E-state index in [1.807, 2.05) is 0 Å². The molecule has 0 spiro atoms. The molecule has 0 aliphatic carbocycles. The number of aliphatic hydroxyl groups is 1. The summed E-state index contributed by atoms with van der Waals surface area (Å²) in [5, 5.41) is 8.73. The van der Waals surface area contributed by atoms with Gasteiger partial charge in [-0.1, -0.05) is 12.1 Å². The van der Waals surface area contributed by atoms with Crippen LogP contribution in [-0.4, -0.2) is 23.3 Å². The third-order valence-corrected chi connectivity index (χ3v) is 2.63. The van der Waals surface area contributed by atoms with Crippen LogP contribution in [0.2, 0.25) is 0 Å². The first-order chi connectivity index (χ1) is 7.40. The average molecular weight is 288 g/mol. The lowest BCUT2D eigenvalue weighted by Crippen LogP contribution is -2.26. The lowest BCUT2D eigenvalue weighted by molar-refractivity contribution is -0.0328. The number of benzene rings is 1. The smallest absolute Gasteiger partial charge is 0.395 e. The van der Waals surface area contributed by atoms with E-state index in [4.69, 9.17) is 10.8 Å². The molecule has 1 rings (SSSR count). The number of alkyl halides is 3. The molecule has 7 heteroatoms. The molecular formula is C10H13ClF3NOS. The van der Waals surface area contributed by atoms with Gasteiger partial charge in [-0.3, -0.25) is 0 Å². The molecule has 1 aromatic rings. The van der Waals surface area contributed by atoms with Crippen molar-refractivity contribution in [2.45, 2.75) is 22.9 Å². The molecule has 0 aliphatic heterocycles. The Balaban J connectivity index is 0.00000256. The topological polar surface area (TPSA) is 46.2 Å². The zero-order valence-electron chi connectivity index (χ0n) is 8.78. The van der Waals surface area contributed by atoms with Crippen LogP contribution in [0.25, 0.3) is 0 Å². The van der Waals surface area contributed by atoms with Crippen LogP contribution in [0.3, 0.4) is 0 Å². The number of nitrogens with two attached hydrogens (primary N) is 1. The van der Waals surface area contributed by atoms with E-state index < -0.39 is 5.51 Å². The van der Waals surface area contributed by atoms with Crippen LogP contribution in [0.4, 0.5) is 13.2 Å². The highest BCUT2D eigenvalue weighted by Gasteiger charge is 2.28. The van der Waals surface area contributed by atoms with Crippen LogP contribution in [0, 0.1) is 0 Å². The second kappa shape index (κ2) is 7.10. The number of hydrogen-bond acceptors (Lipinski definition) is 3. The van der Waals surface area contributed by atoms with E-state index in [-0.39, 0.29) is 41.7 Å². The second-order valence-corrected chi connectivity index (χ2v) is 4.48. The molecule has 0 aromatic heterocycles. The molecular weight excluding hydrogens is 275 g/mol. The summed E-state index contributed by atoms with van der Waals surface area (Å²) in [6.07, 6.45) is 0.452. The zero-order chi connectivity index (χ0) is 12.2. The minimum atomic E-state index is -4.26. The quantitative estimate of drug-likeness (QED) is 0.837. The van der Waals surface area contributed by atoms with Gasteiger partial charge in [-0.25, -0.2) is 0 Å². The monoisotopic (exact) mass is 287 g/mol. The first-order valence-corrected chi connectivity index (χ1v) is 5.43. The Labute approximate surface area is 108 Å². The van der Waals surface area contributed by atoms with E-state index >= 15 is 0 Å². The van der Waals surface area contributed by atoms with Gasteiger partial charge >= 0.3 is 5.51 Å². The van der Waals surface area contributed by atoms with Crippen molar-refractivity contribution in [3.8, 4) is 0 Å². The van der Waals surface area contributed by atoms with Crippen LogP contribution in [0.5, 0.6) is 0 Å². The maximum absolute atomic E-state index is 12.0. The molecule has 0 saturated carbocycles. The van der Waals surface area contributed by atoms with Gasteiger partial charge in [-0.2, -0.15) is 13.2 Å². The zero-order valence-corrected chi connectivity index (χ0v) is 10.4. The molecule has 98 valence electrons. The van der Waals surface area contributed by atoms with E-state index in [1.54, 1.807) is 12.1 Å². The van der Waals surface area contributed by atoms with Crippen molar-refractivity contribution in [2.75, 3.05) is 6.61 Å². The Kier molecular flexibility index (Phi) is 6.92. The highest BCUT2D eigenvalue weighted by Crippen LogP contribution is 2.36. The van der Waals surface area contributed by atoms with E-state index in [0.29, 0.717) is 6.42 Å². The van der Waals surface area contributed by atoms with Gasteiger partial charge in [-0.15, -0.1) is 12.4 Å². The van der Waals surface area contributed by atoms with Crippen molar-refractivity contribution in [3.05, 3.63) is 29.8 Å². The number of hydrogen-bond donors (Lipinski definition) is 2. The Morgan fingerprint density at radius 2 is 1.76 bits per heavy atom. The predicted octanol–water partition coefficient (Wildman–Crippen LogP) is 2.58.